The molecule has 1 atom stereocenters. The number of rotatable bonds is 4. The highest BCUT2D eigenvalue weighted by Crippen LogP contribution is 2.58. The number of carbonyl (C=O) groups is 1. The number of amides is 1. The van der Waals surface area contributed by atoms with Gasteiger partial charge in [0.15, 0.2) is 0 Å². The Morgan fingerprint density at radius 2 is 1.80 bits per heavy atom. The molecule has 1 aliphatic carbocycles. The van der Waals surface area contributed by atoms with Gasteiger partial charge in [-0.1, -0.05) is 19.3 Å². The van der Waals surface area contributed by atoms with Gasteiger partial charge in [-0.3, -0.25) is 19.4 Å². The first-order valence-electron chi connectivity index (χ1n) is 11.7. The molecule has 1 spiro atoms. The largest absolute Gasteiger partial charge is 0.337 e. The van der Waals surface area contributed by atoms with Crippen LogP contribution in [0.3, 0.4) is 0 Å². The summed E-state index contributed by atoms with van der Waals surface area (Å²) in [6.07, 6.45) is 14.6. The number of hydrogen-bond donors (Lipinski definition) is 0. The number of aryl methyl sites for hydroxylation is 1. The maximum Gasteiger partial charge on any atom is 0.272 e. The second-order valence-electron chi connectivity index (χ2n) is 9.33. The molecule has 3 fully saturated rings. The zero-order chi connectivity index (χ0) is 20.6. The average Bonchev–Trinajstić information content (AvgIpc) is 3.27. The highest BCUT2D eigenvalue weighted by atomic mass is 16.2. The van der Waals surface area contributed by atoms with Crippen LogP contribution in [0.15, 0.2) is 36.8 Å². The first-order valence-corrected chi connectivity index (χ1v) is 11.7. The van der Waals surface area contributed by atoms with E-state index in [2.05, 4.69) is 27.1 Å². The third kappa shape index (κ3) is 3.35. The molecule has 2 aliphatic heterocycles. The van der Waals surface area contributed by atoms with Gasteiger partial charge in [-0.05, 0) is 56.4 Å². The van der Waals surface area contributed by atoms with E-state index in [-0.39, 0.29) is 5.91 Å². The molecule has 4 heterocycles. The zero-order valence-corrected chi connectivity index (χ0v) is 18.0. The van der Waals surface area contributed by atoms with Crippen LogP contribution in [-0.4, -0.2) is 56.1 Å². The molecule has 0 aromatic carbocycles. The number of nitrogens with zero attached hydrogens (tertiary/aromatic N) is 5. The fraction of sp³-hybridized carbons (Fsp3) is 0.625. The van der Waals surface area contributed by atoms with Crippen LogP contribution in [-0.2, 0) is 6.54 Å². The van der Waals surface area contributed by atoms with Gasteiger partial charge in [-0.25, -0.2) is 0 Å². The molecule has 2 saturated heterocycles. The van der Waals surface area contributed by atoms with Crippen molar-refractivity contribution in [3.63, 3.8) is 0 Å². The Balaban J connectivity index is 1.28. The second-order valence-corrected chi connectivity index (χ2v) is 9.33. The van der Waals surface area contributed by atoms with Crippen molar-refractivity contribution in [2.24, 2.45) is 5.41 Å². The van der Waals surface area contributed by atoms with E-state index in [0.717, 1.165) is 38.2 Å². The van der Waals surface area contributed by atoms with E-state index in [1.165, 1.54) is 44.2 Å². The van der Waals surface area contributed by atoms with Crippen LogP contribution in [0.2, 0.25) is 0 Å². The van der Waals surface area contributed by atoms with Crippen LogP contribution in [0.1, 0.15) is 74.0 Å². The summed E-state index contributed by atoms with van der Waals surface area (Å²) in [6.45, 7) is 5.66. The number of hydrogen-bond acceptors (Lipinski definition) is 4. The van der Waals surface area contributed by atoms with E-state index in [0.29, 0.717) is 17.5 Å². The van der Waals surface area contributed by atoms with Gasteiger partial charge in [0, 0.05) is 62.3 Å². The normalized spacial score (nSPS) is 24.7. The Labute approximate surface area is 179 Å². The number of aromatic nitrogens is 3. The van der Waals surface area contributed by atoms with Crippen molar-refractivity contribution in [2.45, 2.75) is 70.5 Å². The summed E-state index contributed by atoms with van der Waals surface area (Å²) < 4.78 is 1.80. The molecule has 1 amide bonds. The van der Waals surface area contributed by atoms with E-state index < -0.39 is 0 Å². The van der Waals surface area contributed by atoms with E-state index >= 15 is 0 Å². The van der Waals surface area contributed by atoms with Gasteiger partial charge in [-0.2, -0.15) is 5.10 Å². The van der Waals surface area contributed by atoms with Crippen molar-refractivity contribution in [1.82, 2.24) is 24.6 Å². The summed E-state index contributed by atoms with van der Waals surface area (Å²) in [5.41, 5.74) is 2.61. The topological polar surface area (TPSA) is 54.3 Å². The lowest BCUT2D eigenvalue weighted by Crippen LogP contribution is -2.63. The van der Waals surface area contributed by atoms with Crippen molar-refractivity contribution >= 4 is 5.91 Å². The fourth-order valence-corrected chi connectivity index (χ4v) is 6.23. The van der Waals surface area contributed by atoms with Crippen LogP contribution >= 0.6 is 0 Å². The fourth-order valence-electron chi connectivity index (χ4n) is 6.23. The summed E-state index contributed by atoms with van der Waals surface area (Å²) in [5.74, 6) is 0.130. The highest BCUT2D eigenvalue weighted by molar-refractivity contribution is 5.92. The van der Waals surface area contributed by atoms with Crippen molar-refractivity contribution in [1.29, 1.82) is 0 Å². The van der Waals surface area contributed by atoms with Crippen molar-refractivity contribution in [2.75, 3.05) is 19.6 Å². The Morgan fingerprint density at radius 3 is 2.50 bits per heavy atom. The number of carbonyl (C=O) groups excluding carboxylic acids is 1. The van der Waals surface area contributed by atoms with Gasteiger partial charge in [0.25, 0.3) is 5.91 Å². The first kappa shape index (κ1) is 19.7. The van der Waals surface area contributed by atoms with Gasteiger partial charge in [0.2, 0.25) is 0 Å². The molecule has 5 rings (SSSR count). The van der Waals surface area contributed by atoms with E-state index in [4.69, 9.17) is 0 Å². The summed E-state index contributed by atoms with van der Waals surface area (Å²) in [5, 5.41) is 4.26. The van der Waals surface area contributed by atoms with Crippen LogP contribution in [0, 0.1) is 5.41 Å². The molecular formula is C24H33N5O. The zero-order valence-electron chi connectivity index (χ0n) is 18.0. The van der Waals surface area contributed by atoms with Crippen molar-refractivity contribution in [3.05, 3.63) is 48.0 Å². The van der Waals surface area contributed by atoms with Gasteiger partial charge in [0.05, 0.1) is 0 Å². The lowest BCUT2D eigenvalue weighted by Gasteiger charge is -2.63. The minimum atomic E-state index is 0.130. The number of pyridine rings is 1. The molecule has 0 bridgehead atoms. The minimum Gasteiger partial charge on any atom is -0.337 e. The molecule has 0 N–H and O–H groups in total. The molecule has 2 aromatic rings. The van der Waals surface area contributed by atoms with Crippen LogP contribution in [0.5, 0.6) is 0 Å². The second kappa shape index (κ2) is 8.14. The van der Waals surface area contributed by atoms with Gasteiger partial charge < -0.3 is 4.90 Å². The van der Waals surface area contributed by atoms with Crippen LogP contribution in [0.25, 0.3) is 0 Å². The Morgan fingerprint density at radius 1 is 1.07 bits per heavy atom. The van der Waals surface area contributed by atoms with Gasteiger partial charge in [-0.15, -0.1) is 0 Å². The van der Waals surface area contributed by atoms with Crippen LogP contribution < -0.4 is 0 Å². The smallest absolute Gasteiger partial charge is 0.272 e. The SMILES string of the molecule is CCn1nccc1C(=O)N1CCC(N2CC3(CCCCC3)C2c2ccncc2)CC1. The Kier molecular flexibility index (Phi) is 5.35. The van der Waals surface area contributed by atoms with Crippen molar-refractivity contribution < 1.29 is 4.79 Å². The van der Waals surface area contributed by atoms with E-state index in [1.54, 1.807) is 10.9 Å². The monoisotopic (exact) mass is 407 g/mol. The molecule has 3 aliphatic rings. The Hall–Kier alpha value is -2.21. The highest BCUT2D eigenvalue weighted by Gasteiger charge is 2.55. The third-order valence-electron chi connectivity index (χ3n) is 7.74. The minimum absolute atomic E-state index is 0.130. The standard InChI is InChI=1S/C24H33N5O/c1-2-29-21(8-15-26-29)23(30)27-16-9-20(10-17-27)28-18-24(11-4-3-5-12-24)22(28)19-6-13-25-14-7-19/h6-8,13-15,20,22H,2-5,9-12,16-18H2,1H3. The van der Waals surface area contributed by atoms with Gasteiger partial charge in [0.1, 0.15) is 5.69 Å². The average molecular weight is 408 g/mol. The first-order chi connectivity index (χ1) is 14.7. The van der Waals surface area contributed by atoms with Crippen molar-refractivity contribution in [3.8, 4) is 0 Å². The lowest BCUT2D eigenvalue weighted by atomic mass is 9.60. The van der Waals surface area contributed by atoms with E-state index in [9.17, 15) is 4.79 Å². The molecule has 1 saturated carbocycles. The lowest BCUT2D eigenvalue weighted by molar-refractivity contribution is -0.132. The maximum atomic E-state index is 13.0. The molecule has 0 radical (unpaired) electrons. The third-order valence-corrected chi connectivity index (χ3v) is 7.74. The quantitative estimate of drug-likeness (QED) is 0.771. The van der Waals surface area contributed by atoms with E-state index in [1.807, 2.05) is 30.3 Å². The predicted octanol–water partition coefficient (Wildman–Crippen LogP) is 3.91. The molecule has 6 nitrogen and oxygen atoms in total. The van der Waals surface area contributed by atoms with Crippen LogP contribution in [0.4, 0.5) is 0 Å². The molecule has 30 heavy (non-hydrogen) atoms. The summed E-state index contributed by atoms with van der Waals surface area (Å²) in [6, 6.07) is 7.38. The summed E-state index contributed by atoms with van der Waals surface area (Å²) in [7, 11) is 0. The number of likely N-dealkylation sites (tertiary alicyclic amines) is 2. The predicted molar refractivity (Wildman–Crippen MR) is 116 cm³/mol. The van der Waals surface area contributed by atoms with Gasteiger partial charge >= 0.3 is 0 Å². The summed E-state index contributed by atoms with van der Waals surface area (Å²) in [4.78, 5) is 22.0. The Bertz CT molecular complexity index is 865. The molecule has 6 heteroatoms. The molecule has 1 unspecified atom stereocenters. The molecule has 160 valence electrons. The molecule has 2 aromatic heterocycles. The number of piperidine rings is 1. The maximum absolute atomic E-state index is 13.0. The summed E-state index contributed by atoms with van der Waals surface area (Å²) >= 11 is 0. The molecular weight excluding hydrogens is 374 g/mol.